The molecule has 1 unspecified atom stereocenters. The Balaban J connectivity index is 1.92. The van der Waals surface area contributed by atoms with Crippen molar-refractivity contribution in [1.29, 1.82) is 0 Å². The van der Waals surface area contributed by atoms with Crippen LogP contribution in [0, 0.1) is 0 Å². The second kappa shape index (κ2) is 15.7. The maximum Gasteiger partial charge on any atom is 0.415 e. The van der Waals surface area contributed by atoms with Crippen LogP contribution in [-0.2, 0) is 20.7 Å². The summed E-state index contributed by atoms with van der Waals surface area (Å²) < 4.78 is 52.8. The lowest BCUT2D eigenvalue weighted by atomic mass is 10.1. The summed E-state index contributed by atoms with van der Waals surface area (Å²) in [5, 5.41) is 9.24. The first-order valence-corrected chi connectivity index (χ1v) is 12.2. The van der Waals surface area contributed by atoms with Crippen molar-refractivity contribution in [2.24, 2.45) is 0 Å². The Bertz CT molecular complexity index is 980. The highest BCUT2D eigenvalue weighted by Crippen LogP contribution is 2.19. The smallest absolute Gasteiger partial charge is 0.415 e. The van der Waals surface area contributed by atoms with Crippen LogP contribution < -0.4 is 14.2 Å². The highest BCUT2D eigenvalue weighted by Gasteiger charge is 2.21. The Morgan fingerprint density at radius 2 is 1.55 bits per heavy atom. The first-order valence-electron chi connectivity index (χ1n) is 12.2. The number of hydrogen-bond donors (Lipinski definition) is 1. The van der Waals surface area contributed by atoms with Gasteiger partial charge in [-0.2, -0.15) is 0 Å². The lowest BCUT2D eigenvalue weighted by molar-refractivity contribution is -0.149. The number of alkyl halides is 2. The Morgan fingerprint density at radius 1 is 0.947 bits per heavy atom. The van der Waals surface area contributed by atoms with Crippen LogP contribution in [0.1, 0.15) is 25.8 Å². The molecule has 9 nitrogen and oxygen atoms in total. The molecule has 0 spiro atoms. The van der Waals surface area contributed by atoms with Gasteiger partial charge in [-0.1, -0.05) is 12.1 Å². The number of benzene rings is 2. The monoisotopic (exact) mass is 539 g/mol. The third-order valence-corrected chi connectivity index (χ3v) is 5.33. The number of hydrogen-bond acceptors (Lipinski definition) is 7. The molecule has 0 aliphatic carbocycles. The number of halogens is 2. The quantitative estimate of drug-likeness (QED) is 0.289. The molecule has 2 aromatic rings. The number of amides is 1. The van der Waals surface area contributed by atoms with Gasteiger partial charge >= 0.3 is 12.1 Å². The summed E-state index contributed by atoms with van der Waals surface area (Å²) >= 11 is 0. The molecule has 1 N–H and O–H groups in total. The van der Waals surface area contributed by atoms with Crippen molar-refractivity contribution in [2.45, 2.75) is 38.7 Å². The molecule has 1 amide bonds. The van der Waals surface area contributed by atoms with Gasteiger partial charge in [-0.25, -0.2) is 18.4 Å². The van der Waals surface area contributed by atoms with E-state index in [4.69, 9.17) is 23.7 Å². The van der Waals surface area contributed by atoms with Gasteiger partial charge in [0.2, 0.25) is 5.92 Å². The van der Waals surface area contributed by atoms with Gasteiger partial charge in [-0.05, 0) is 55.8 Å². The summed E-state index contributed by atoms with van der Waals surface area (Å²) in [6.07, 6.45) is -1.77. The van der Waals surface area contributed by atoms with Gasteiger partial charge in [0, 0.05) is 26.0 Å². The fourth-order valence-electron chi connectivity index (χ4n) is 3.26. The van der Waals surface area contributed by atoms with Crippen LogP contribution in [0.5, 0.6) is 17.2 Å². The fraction of sp³-hybridized carbons (Fsp3) is 0.481. The van der Waals surface area contributed by atoms with E-state index in [1.807, 2.05) is 0 Å². The Kier molecular flexibility index (Phi) is 12.7. The van der Waals surface area contributed by atoms with Crippen molar-refractivity contribution < 1.29 is 47.2 Å². The maximum atomic E-state index is 13.0. The van der Waals surface area contributed by atoms with Gasteiger partial charge < -0.3 is 33.7 Å². The third-order valence-electron chi connectivity index (χ3n) is 5.33. The van der Waals surface area contributed by atoms with E-state index in [0.717, 1.165) is 12.5 Å². The Hall–Kier alpha value is -3.44. The van der Waals surface area contributed by atoms with Gasteiger partial charge in [0.15, 0.2) is 6.10 Å². The number of methoxy groups -OCH3 is 1. The minimum absolute atomic E-state index is 0.0487. The Morgan fingerprint density at radius 3 is 2.13 bits per heavy atom. The van der Waals surface area contributed by atoms with Crippen molar-refractivity contribution in [3.05, 3.63) is 54.1 Å². The number of carbonyl (C=O) groups is 2. The van der Waals surface area contributed by atoms with E-state index in [2.05, 4.69) is 0 Å². The van der Waals surface area contributed by atoms with Crippen molar-refractivity contribution in [1.82, 2.24) is 4.90 Å². The average molecular weight is 540 g/mol. The lowest BCUT2D eigenvalue weighted by Crippen LogP contribution is -2.39. The molecule has 0 aliphatic rings. The van der Waals surface area contributed by atoms with E-state index < -0.39 is 30.5 Å². The summed E-state index contributed by atoms with van der Waals surface area (Å²) in [4.78, 5) is 25.4. The summed E-state index contributed by atoms with van der Waals surface area (Å²) in [7, 11) is 1.53. The van der Waals surface area contributed by atoms with E-state index in [1.54, 1.807) is 55.5 Å². The van der Waals surface area contributed by atoms with Crippen LogP contribution in [0.4, 0.5) is 13.6 Å². The van der Waals surface area contributed by atoms with Crippen molar-refractivity contribution in [3.63, 3.8) is 0 Å². The first kappa shape index (κ1) is 30.8. The third kappa shape index (κ3) is 11.7. The first-order chi connectivity index (χ1) is 18.1. The largest absolute Gasteiger partial charge is 0.497 e. The Labute approximate surface area is 221 Å². The number of carboxylic acid groups (broad SMARTS) is 1. The zero-order valence-corrected chi connectivity index (χ0v) is 21.9. The molecule has 38 heavy (non-hydrogen) atoms. The summed E-state index contributed by atoms with van der Waals surface area (Å²) in [5.74, 6) is -2.40. The normalized spacial score (nSPS) is 12.0. The van der Waals surface area contributed by atoms with E-state index in [-0.39, 0.29) is 39.3 Å². The molecule has 1 atom stereocenters. The maximum absolute atomic E-state index is 13.0. The van der Waals surface area contributed by atoms with E-state index in [9.17, 15) is 23.5 Å². The molecular formula is C27H35F2NO8. The van der Waals surface area contributed by atoms with Crippen LogP contribution in [0.25, 0.3) is 0 Å². The minimum atomic E-state index is -2.83. The number of nitrogens with zero attached hydrogens (tertiary/aromatic N) is 1. The van der Waals surface area contributed by atoms with E-state index in [1.165, 1.54) is 12.0 Å². The van der Waals surface area contributed by atoms with Gasteiger partial charge in [0.05, 0.1) is 26.9 Å². The minimum Gasteiger partial charge on any atom is -0.497 e. The average Bonchev–Trinajstić information content (AvgIpc) is 2.87. The van der Waals surface area contributed by atoms with E-state index >= 15 is 0 Å². The molecule has 0 aromatic heterocycles. The second-order valence-corrected chi connectivity index (χ2v) is 8.44. The topological polar surface area (TPSA) is 104 Å². The number of ether oxygens (including phenoxy) is 5. The molecule has 0 heterocycles. The molecule has 11 heteroatoms. The van der Waals surface area contributed by atoms with E-state index in [0.29, 0.717) is 23.9 Å². The lowest BCUT2D eigenvalue weighted by Gasteiger charge is -2.22. The number of carbonyl (C=O) groups excluding carboxylic acids is 1. The zero-order valence-electron chi connectivity index (χ0n) is 21.9. The second-order valence-electron chi connectivity index (χ2n) is 8.44. The standard InChI is InChI=1S/C27H35F2NO8/c1-4-36-24(25(31)32)19-20-5-7-22(8-6-20)37-18-15-30(14-17-35-16-13-27(2,28)29)26(33)38-23-11-9-21(34-3)10-12-23/h5-12,24H,4,13-19H2,1-3H3,(H,31,32). The zero-order chi connectivity index (χ0) is 28.0. The summed E-state index contributed by atoms with van der Waals surface area (Å²) in [5.41, 5.74) is 0.776. The molecular weight excluding hydrogens is 504 g/mol. The van der Waals surface area contributed by atoms with Gasteiger partial charge in [-0.15, -0.1) is 0 Å². The van der Waals surface area contributed by atoms with Crippen LogP contribution in [0.3, 0.4) is 0 Å². The highest BCUT2D eigenvalue weighted by molar-refractivity contribution is 5.72. The molecule has 0 radical (unpaired) electrons. The van der Waals surface area contributed by atoms with Crippen molar-refractivity contribution in [2.75, 3.05) is 46.6 Å². The molecule has 0 fully saturated rings. The summed E-state index contributed by atoms with van der Waals surface area (Å²) in [6, 6.07) is 13.4. The molecule has 2 rings (SSSR count). The van der Waals surface area contributed by atoms with Crippen LogP contribution in [0.2, 0.25) is 0 Å². The predicted molar refractivity (Wildman–Crippen MR) is 135 cm³/mol. The van der Waals surface area contributed by atoms with Crippen LogP contribution in [-0.4, -0.2) is 80.7 Å². The van der Waals surface area contributed by atoms with Gasteiger partial charge in [-0.3, -0.25) is 0 Å². The molecule has 0 bridgehead atoms. The van der Waals surface area contributed by atoms with Crippen LogP contribution >= 0.6 is 0 Å². The molecule has 0 saturated heterocycles. The number of rotatable bonds is 17. The SMILES string of the molecule is CCOC(Cc1ccc(OCCN(CCOCCC(C)(F)F)C(=O)Oc2ccc(OC)cc2)cc1)C(=O)O. The van der Waals surface area contributed by atoms with Gasteiger partial charge in [0.25, 0.3) is 0 Å². The number of aliphatic carboxylic acids is 1. The fourth-order valence-corrected chi connectivity index (χ4v) is 3.26. The highest BCUT2D eigenvalue weighted by atomic mass is 19.3. The number of carboxylic acids is 1. The predicted octanol–water partition coefficient (Wildman–Crippen LogP) is 4.67. The summed E-state index contributed by atoms with van der Waals surface area (Å²) in [6.45, 7) is 3.15. The molecule has 0 saturated carbocycles. The van der Waals surface area contributed by atoms with Gasteiger partial charge in [0.1, 0.15) is 23.9 Å². The molecule has 2 aromatic carbocycles. The molecule has 210 valence electrons. The van der Waals surface area contributed by atoms with Crippen molar-refractivity contribution >= 4 is 12.1 Å². The van der Waals surface area contributed by atoms with Crippen molar-refractivity contribution in [3.8, 4) is 17.2 Å². The van der Waals surface area contributed by atoms with Crippen LogP contribution in [0.15, 0.2) is 48.5 Å². The molecule has 0 aliphatic heterocycles.